The minimum atomic E-state index is -1.35. The van der Waals surface area contributed by atoms with E-state index in [1.54, 1.807) is 0 Å². The number of esters is 1. The third-order valence-corrected chi connectivity index (χ3v) is 2.04. The van der Waals surface area contributed by atoms with Crippen LogP contribution in [0.2, 0.25) is 0 Å². The van der Waals surface area contributed by atoms with Gasteiger partial charge in [0, 0.05) is 19.1 Å². The van der Waals surface area contributed by atoms with E-state index in [9.17, 15) is 9.90 Å². The van der Waals surface area contributed by atoms with Gasteiger partial charge in [0.25, 0.3) is 0 Å². The maximum absolute atomic E-state index is 11.2. The van der Waals surface area contributed by atoms with E-state index in [4.69, 9.17) is 15.3 Å². The molecule has 0 aliphatic carbocycles. The van der Waals surface area contributed by atoms with Crippen LogP contribution in [0.5, 0.6) is 11.5 Å². The molecule has 6 nitrogen and oxygen atoms in total. The standard InChI is InChI=1S/C12H14O6/c13-6-5-12(17)18-11(16)4-2-8-1-3-9(14)10(15)7-8/h1-4,7,12-15,17H,5-6H2/b4-2+. The summed E-state index contributed by atoms with van der Waals surface area (Å²) in [5.74, 6) is -1.33. The second kappa shape index (κ2) is 6.63. The van der Waals surface area contributed by atoms with Gasteiger partial charge in [-0.2, -0.15) is 0 Å². The maximum atomic E-state index is 11.2. The van der Waals surface area contributed by atoms with Crippen LogP contribution in [0.1, 0.15) is 12.0 Å². The topological polar surface area (TPSA) is 107 Å². The summed E-state index contributed by atoms with van der Waals surface area (Å²) in [6.07, 6.45) is 1.01. The molecule has 0 bridgehead atoms. The van der Waals surface area contributed by atoms with Crippen molar-refractivity contribution in [1.82, 2.24) is 0 Å². The fourth-order valence-electron chi connectivity index (χ4n) is 1.15. The van der Waals surface area contributed by atoms with E-state index in [-0.39, 0.29) is 24.5 Å². The first-order valence-electron chi connectivity index (χ1n) is 5.22. The van der Waals surface area contributed by atoms with Gasteiger partial charge in [-0.3, -0.25) is 0 Å². The fraction of sp³-hybridized carbons (Fsp3) is 0.250. The summed E-state index contributed by atoms with van der Waals surface area (Å²) in [4.78, 5) is 11.2. The number of phenols is 2. The van der Waals surface area contributed by atoms with Crippen molar-refractivity contribution in [3.8, 4) is 11.5 Å². The molecule has 1 rings (SSSR count). The normalized spacial score (nSPS) is 12.6. The predicted molar refractivity (Wildman–Crippen MR) is 62.6 cm³/mol. The molecular formula is C12H14O6. The number of carbonyl (C=O) groups is 1. The van der Waals surface area contributed by atoms with Crippen LogP contribution in [-0.2, 0) is 9.53 Å². The van der Waals surface area contributed by atoms with Gasteiger partial charge in [-0.05, 0) is 23.8 Å². The molecule has 0 fully saturated rings. The van der Waals surface area contributed by atoms with E-state index >= 15 is 0 Å². The quantitative estimate of drug-likeness (QED) is 0.261. The number of phenolic OH excluding ortho intramolecular Hbond substituents is 2. The second-order valence-corrected chi connectivity index (χ2v) is 3.49. The van der Waals surface area contributed by atoms with Crippen LogP contribution >= 0.6 is 0 Å². The highest BCUT2D eigenvalue weighted by Crippen LogP contribution is 2.25. The van der Waals surface area contributed by atoms with Gasteiger partial charge in [0.15, 0.2) is 11.5 Å². The van der Waals surface area contributed by atoms with Crippen LogP contribution in [0, 0.1) is 0 Å². The maximum Gasteiger partial charge on any atom is 0.333 e. The van der Waals surface area contributed by atoms with Gasteiger partial charge < -0.3 is 25.2 Å². The van der Waals surface area contributed by atoms with Crippen molar-refractivity contribution in [2.45, 2.75) is 12.7 Å². The average molecular weight is 254 g/mol. The Morgan fingerprint density at radius 2 is 2.06 bits per heavy atom. The summed E-state index contributed by atoms with van der Waals surface area (Å²) < 4.78 is 4.52. The largest absolute Gasteiger partial charge is 0.504 e. The lowest BCUT2D eigenvalue weighted by molar-refractivity contribution is -0.163. The number of carbonyl (C=O) groups excluding carboxylic acids is 1. The highest BCUT2D eigenvalue weighted by molar-refractivity contribution is 5.87. The summed E-state index contributed by atoms with van der Waals surface area (Å²) in [5.41, 5.74) is 0.485. The van der Waals surface area contributed by atoms with Crippen LogP contribution in [0.4, 0.5) is 0 Å². The van der Waals surface area contributed by atoms with Crippen molar-refractivity contribution in [3.63, 3.8) is 0 Å². The molecule has 0 saturated carbocycles. The fourth-order valence-corrected chi connectivity index (χ4v) is 1.15. The Bertz CT molecular complexity index is 440. The number of aromatic hydroxyl groups is 2. The monoisotopic (exact) mass is 254 g/mol. The lowest BCUT2D eigenvalue weighted by Crippen LogP contribution is -2.17. The third-order valence-electron chi connectivity index (χ3n) is 2.04. The van der Waals surface area contributed by atoms with Gasteiger partial charge in [-0.15, -0.1) is 0 Å². The van der Waals surface area contributed by atoms with Crippen LogP contribution in [-0.4, -0.2) is 39.3 Å². The second-order valence-electron chi connectivity index (χ2n) is 3.49. The van der Waals surface area contributed by atoms with E-state index in [0.717, 1.165) is 6.08 Å². The van der Waals surface area contributed by atoms with Gasteiger partial charge in [0.2, 0.25) is 6.29 Å². The molecule has 0 heterocycles. The zero-order valence-electron chi connectivity index (χ0n) is 9.48. The first-order valence-corrected chi connectivity index (χ1v) is 5.22. The van der Waals surface area contributed by atoms with Crippen molar-refractivity contribution >= 4 is 12.0 Å². The number of rotatable bonds is 5. The van der Waals surface area contributed by atoms with Crippen LogP contribution < -0.4 is 0 Å². The number of hydrogen-bond acceptors (Lipinski definition) is 6. The highest BCUT2D eigenvalue weighted by atomic mass is 16.6. The van der Waals surface area contributed by atoms with Gasteiger partial charge in [0.05, 0.1) is 0 Å². The molecule has 0 aromatic heterocycles. The molecule has 4 N–H and O–H groups in total. The summed E-state index contributed by atoms with van der Waals surface area (Å²) in [6, 6.07) is 4.03. The van der Waals surface area contributed by atoms with Crippen molar-refractivity contribution in [3.05, 3.63) is 29.8 Å². The smallest absolute Gasteiger partial charge is 0.333 e. The number of ether oxygens (including phenoxy) is 1. The van der Waals surface area contributed by atoms with Gasteiger partial charge in [-0.25, -0.2) is 4.79 Å². The van der Waals surface area contributed by atoms with Crippen LogP contribution in [0.3, 0.4) is 0 Å². The molecule has 0 amide bonds. The third kappa shape index (κ3) is 4.44. The lowest BCUT2D eigenvalue weighted by Gasteiger charge is -2.08. The van der Waals surface area contributed by atoms with E-state index in [1.807, 2.05) is 0 Å². The summed E-state index contributed by atoms with van der Waals surface area (Å²) in [5, 5.41) is 35.9. The molecule has 1 unspecified atom stereocenters. The number of hydrogen-bond donors (Lipinski definition) is 4. The van der Waals surface area contributed by atoms with Crippen molar-refractivity contribution < 1.29 is 30.0 Å². The zero-order valence-corrected chi connectivity index (χ0v) is 9.48. The van der Waals surface area contributed by atoms with Crippen LogP contribution in [0.15, 0.2) is 24.3 Å². The summed E-state index contributed by atoms with van der Waals surface area (Å²) >= 11 is 0. The minimum absolute atomic E-state index is 0.0560. The van der Waals surface area contributed by atoms with E-state index in [0.29, 0.717) is 5.56 Å². The predicted octanol–water partition coefficient (Wildman–Crippen LogP) is 0.355. The molecule has 0 aliphatic heterocycles. The summed E-state index contributed by atoms with van der Waals surface area (Å²) in [7, 11) is 0. The molecular weight excluding hydrogens is 240 g/mol. The minimum Gasteiger partial charge on any atom is -0.504 e. The lowest BCUT2D eigenvalue weighted by atomic mass is 10.2. The molecule has 98 valence electrons. The molecule has 6 heteroatoms. The Balaban J connectivity index is 2.58. The first-order chi connectivity index (χ1) is 8.52. The van der Waals surface area contributed by atoms with Gasteiger partial charge in [0.1, 0.15) is 0 Å². The average Bonchev–Trinajstić information content (AvgIpc) is 2.31. The Hall–Kier alpha value is -2.05. The molecule has 18 heavy (non-hydrogen) atoms. The highest BCUT2D eigenvalue weighted by Gasteiger charge is 2.07. The van der Waals surface area contributed by atoms with E-state index in [1.165, 1.54) is 24.3 Å². The molecule has 0 spiro atoms. The van der Waals surface area contributed by atoms with Crippen molar-refractivity contribution in [2.75, 3.05) is 6.61 Å². The van der Waals surface area contributed by atoms with Crippen molar-refractivity contribution in [2.24, 2.45) is 0 Å². The van der Waals surface area contributed by atoms with Crippen molar-refractivity contribution in [1.29, 1.82) is 0 Å². The Kier molecular flexibility index (Phi) is 5.16. The summed E-state index contributed by atoms with van der Waals surface area (Å²) in [6.45, 7) is -0.288. The Morgan fingerprint density at radius 1 is 1.33 bits per heavy atom. The van der Waals surface area contributed by atoms with Crippen LogP contribution in [0.25, 0.3) is 6.08 Å². The molecule has 0 aliphatic rings. The molecule has 0 saturated heterocycles. The molecule has 1 atom stereocenters. The number of benzene rings is 1. The zero-order chi connectivity index (χ0) is 13.5. The molecule has 1 aromatic carbocycles. The first kappa shape index (κ1) is 14.0. The molecule has 1 aromatic rings. The SMILES string of the molecule is O=C(/C=C/c1ccc(O)c(O)c1)OC(O)CCO. The molecule has 0 radical (unpaired) electrons. The van der Waals surface area contributed by atoms with Gasteiger partial charge in [-0.1, -0.05) is 6.07 Å². The number of aliphatic hydroxyl groups is 2. The number of aliphatic hydroxyl groups excluding tert-OH is 2. The van der Waals surface area contributed by atoms with E-state index in [2.05, 4.69) is 4.74 Å². The Labute approximate surface area is 103 Å². The van der Waals surface area contributed by atoms with Gasteiger partial charge >= 0.3 is 5.97 Å². The van der Waals surface area contributed by atoms with E-state index < -0.39 is 12.3 Å². The Morgan fingerprint density at radius 3 is 2.67 bits per heavy atom.